The van der Waals surface area contributed by atoms with Crippen LogP contribution in [0.4, 0.5) is 4.39 Å². The molecule has 2 amide bonds. The Morgan fingerprint density at radius 2 is 2.06 bits per heavy atom. The number of benzene rings is 1. The van der Waals surface area contributed by atoms with Crippen LogP contribution in [-0.4, -0.2) is 30.3 Å². The number of nitrogens with zero attached hydrogens (tertiary/aromatic N) is 1. The van der Waals surface area contributed by atoms with Crippen LogP contribution < -0.4 is 5.73 Å². The fourth-order valence-electron chi connectivity index (χ4n) is 1.32. The highest BCUT2D eigenvalue weighted by Crippen LogP contribution is 2.13. The fraction of sp³-hybridized carbons (Fsp3) is 0.273. The van der Waals surface area contributed by atoms with Gasteiger partial charge < -0.3 is 10.6 Å². The average molecular weight is 224 g/mol. The van der Waals surface area contributed by atoms with Gasteiger partial charge in [0.15, 0.2) is 0 Å². The van der Waals surface area contributed by atoms with Crippen molar-refractivity contribution in [2.24, 2.45) is 5.73 Å². The molecule has 0 aromatic heterocycles. The van der Waals surface area contributed by atoms with Crippen molar-refractivity contribution in [1.29, 1.82) is 0 Å². The number of amides is 2. The summed E-state index contributed by atoms with van der Waals surface area (Å²) in [5.74, 6) is -1.76. The Bertz CT molecular complexity index is 432. The molecule has 0 aliphatic rings. The highest BCUT2D eigenvalue weighted by molar-refractivity contribution is 5.96. The topological polar surface area (TPSA) is 63.4 Å². The van der Waals surface area contributed by atoms with E-state index in [9.17, 15) is 14.0 Å². The van der Waals surface area contributed by atoms with E-state index in [-0.39, 0.29) is 12.1 Å². The van der Waals surface area contributed by atoms with Crippen molar-refractivity contribution in [3.8, 4) is 0 Å². The van der Waals surface area contributed by atoms with Gasteiger partial charge >= 0.3 is 0 Å². The molecule has 0 aliphatic heterocycles. The van der Waals surface area contributed by atoms with E-state index < -0.39 is 17.6 Å². The number of rotatable bonds is 3. The Morgan fingerprint density at radius 3 is 2.62 bits per heavy atom. The van der Waals surface area contributed by atoms with Crippen molar-refractivity contribution >= 4 is 11.8 Å². The number of hydrogen-bond acceptors (Lipinski definition) is 2. The lowest BCUT2D eigenvalue weighted by Crippen LogP contribution is -2.35. The van der Waals surface area contributed by atoms with Crippen LogP contribution in [0.15, 0.2) is 18.2 Å². The molecule has 0 saturated carbocycles. The molecule has 0 heterocycles. The maximum atomic E-state index is 13.6. The number of hydrogen-bond donors (Lipinski definition) is 1. The van der Waals surface area contributed by atoms with Crippen molar-refractivity contribution in [3.05, 3.63) is 35.1 Å². The summed E-state index contributed by atoms with van der Waals surface area (Å²) in [4.78, 5) is 23.4. The van der Waals surface area contributed by atoms with Crippen LogP contribution in [-0.2, 0) is 4.79 Å². The zero-order valence-electron chi connectivity index (χ0n) is 9.16. The van der Waals surface area contributed by atoms with Crippen LogP contribution in [0, 0.1) is 12.7 Å². The first-order valence-corrected chi connectivity index (χ1v) is 4.72. The smallest absolute Gasteiger partial charge is 0.257 e. The predicted molar refractivity (Wildman–Crippen MR) is 57.3 cm³/mol. The van der Waals surface area contributed by atoms with Crippen molar-refractivity contribution in [1.82, 2.24) is 4.90 Å². The Labute approximate surface area is 92.8 Å². The van der Waals surface area contributed by atoms with E-state index >= 15 is 0 Å². The number of carbonyl (C=O) groups is 2. The second-order valence-corrected chi connectivity index (χ2v) is 3.56. The molecule has 16 heavy (non-hydrogen) atoms. The van der Waals surface area contributed by atoms with Crippen molar-refractivity contribution in [3.63, 3.8) is 0 Å². The van der Waals surface area contributed by atoms with Crippen LogP contribution in [0.2, 0.25) is 0 Å². The SMILES string of the molecule is Cc1cccc(C(=O)N(C)CC(N)=O)c1F. The monoisotopic (exact) mass is 224 g/mol. The Morgan fingerprint density at radius 1 is 1.44 bits per heavy atom. The normalized spacial score (nSPS) is 9.94. The maximum Gasteiger partial charge on any atom is 0.257 e. The van der Waals surface area contributed by atoms with E-state index in [1.54, 1.807) is 19.1 Å². The van der Waals surface area contributed by atoms with E-state index in [1.807, 2.05) is 0 Å². The van der Waals surface area contributed by atoms with E-state index in [0.717, 1.165) is 4.90 Å². The third-order valence-corrected chi connectivity index (χ3v) is 2.16. The summed E-state index contributed by atoms with van der Waals surface area (Å²) in [5.41, 5.74) is 5.29. The number of aryl methyl sites for hydroxylation is 1. The summed E-state index contributed by atoms with van der Waals surface area (Å²) in [6, 6.07) is 4.53. The third kappa shape index (κ3) is 2.56. The molecular weight excluding hydrogens is 211 g/mol. The van der Waals surface area contributed by atoms with Gasteiger partial charge in [-0.2, -0.15) is 0 Å². The van der Waals surface area contributed by atoms with E-state index in [0.29, 0.717) is 5.56 Å². The van der Waals surface area contributed by atoms with E-state index in [1.165, 1.54) is 13.1 Å². The van der Waals surface area contributed by atoms with Crippen molar-refractivity contribution in [2.45, 2.75) is 6.92 Å². The second-order valence-electron chi connectivity index (χ2n) is 3.56. The van der Waals surface area contributed by atoms with Crippen LogP contribution in [0.1, 0.15) is 15.9 Å². The molecule has 0 aliphatic carbocycles. The molecule has 2 N–H and O–H groups in total. The van der Waals surface area contributed by atoms with Crippen molar-refractivity contribution < 1.29 is 14.0 Å². The summed E-state index contributed by atoms with van der Waals surface area (Å²) in [6.07, 6.45) is 0. The van der Waals surface area contributed by atoms with Crippen molar-refractivity contribution in [2.75, 3.05) is 13.6 Å². The van der Waals surface area contributed by atoms with Gasteiger partial charge in [-0.3, -0.25) is 9.59 Å². The number of carbonyl (C=O) groups excluding carboxylic acids is 2. The molecule has 1 rings (SSSR count). The van der Waals surface area contributed by atoms with Gasteiger partial charge in [-0.1, -0.05) is 12.1 Å². The van der Waals surface area contributed by atoms with Crippen LogP contribution in [0.3, 0.4) is 0 Å². The first kappa shape index (κ1) is 12.2. The molecule has 0 fully saturated rings. The number of primary amides is 1. The highest BCUT2D eigenvalue weighted by Gasteiger charge is 2.18. The van der Waals surface area contributed by atoms with Gasteiger partial charge in [0.2, 0.25) is 5.91 Å². The minimum absolute atomic E-state index is 0.0521. The van der Waals surface area contributed by atoms with Gasteiger partial charge in [0.1, 0.15) is 5.82 Å². The zero-order chi connectivity index (χ0) is 12.3. The predicted octanol–water partition coefficient (Wildman–Crippen LogP) is 0.691. The van der Waals surface area contributed by atoms with Gasteiger partial charge in [-0.25, -0.2) is 4.39 Å². The molecule has 5 heteroatoms. The Balaban J connectivity index is 2.96. The minimum atomic E-state index is -0.635. The standard InChI is InChI=1S/C11H13FN2O2/c1-7-4-3-5-8(10(7)12)11(16)14(2)6-9(13)15/h3-5H,6H2,1-2H3,(H2,13,15). The Kier molecular flexibility index (Phi) is 3.60. The summed E-state index contributed by atoms with van der Waals surface area (Å²) >= 11 is 0. The summed E-state index contributed by atoms with van der Waals surface area (Å²) in [6.45, 7) is 1.34. The highest BCUT2D eigenvalue weighted by atomic mass is 19.1. The first-order valence-electron chi connectivity index (χ1n) is 4.72. The molecule has 86 valence electrons. The first-order chi connectivity index (χ1) is 7.43. The summed E-state index contributed by atoms with van der Waals surface area (Å²) in [5, 5.41) is 0. The van der Waals surface area contributed by atoms with Crippen LogP contribution in [0.5, 0.6) is 0 Å². The molecule has 0 unspecified atom stereocenters. The van der Waals surface area contributed by atoms with E-state index in [4.69, 9.17) is 5.73 Å². The molecule has 0 radical (unpaired) electrons. The van der Waals surface area contributed by atoms with Gasteiger partial charge in [0.25, 0.3) is 5.91 Å². The minimum Gasteiger partial charge on any atom is -0.368 e. The summed E-state index contributed by atoms with van der Waals surface area (Å²) < 4.78 is 13.6. The summed E-state index contributed by atoms with van der Waals surface area (Å²) in [7, 11) is 1.40. The second kappa shape index (κ2) is 4.74. The molecule has 4 nitrogen and oxygen atoms in total. The number of halogens is 1. The quantitative estimate of drug-likeness (QED) is 0.821. The lowest BCUT2D eigenvalue weighted by atomic mass is 10.1. The molecular formula is C11H13FN2O2. The maximum absolute atomic E-state index is 13.6. The van der Waals surface area contributed by atoms with Gasteiger partial charge in [0.05, 0.1) is 12.1 Å². The lowest BCUT2D eigenvalue weighted by molar-refractivity contribution is -0.118. The van der Waals surface area contributed by atoms with E-state index in [2.05, 4.69) is 0 Å². The molecule has 0 bridgehead atoms. The molecule has 1 aromatic rings. The fourth-order valence-corrected chi connectivity index (χ4v) is 1.32. The lowest BCUT2D eigenvalue weighted by Gasteiger charge is -2.15. The number of nitrogens with two attached hydrogens (primary N) is 1. The third-order valence-electron chi connectivity index (χ3n) is 2.16. The molecule has 1 aromatic carbocycles. The Hall–Kier alpha value is -1.91. The van der Waals surface area contributed by atoms with Crippen LogP contribution in [0.25, 0.3) is 0 Å². The average Bonchev–Trinajstić information content (AvgIpc) is 2.20. The number of likely N-dealkylation sites (N-methyl/N-ethyl adjacent to an activating group) is 1. The largest absolute Gasteiger partial charge is 0.368 e. The molecule has 0 atom stereocenters. The zero-order valence-corrected chi connectivity index (χ0v) is 9.16. The molecule has 0 saturated heterocycles. The van der Waals surface area contributed by atoms with Gasteiger partial charge in [-0.05, 0) is 18.6 Å². The van der Waals surface area contributed by atoms with Crippen LogP contribution >= 0.6 is 0 Å². The van der Waals surface area contributed by atoms with Gasteiger partial charge in [0, 0.05) is 7.05 Å². The van der Waals surface area contributed by atoms with Gasteiger partial charge in [-0.15, -0.1) is 0 Å². The molecule has 0 spiro atoms.